The SMILES string of the molecule is Cc1nc(/C=C/C(=O)NCc2ccccc2Cl)cs1. The third kappa shape index (κ3) is 4.19. The van der Waals surface area contributed by atoms with E-state index in [-0.39, 0.29) is 5.91 Å². The minimum absolute atomic E-state index is 0.162. The summed E-state index contributed by atoms with van der Waals surface area (Å²) in [4.78, 5) is 15.9. The second-order valence-corrected chi connectivity index (χ2v) is 5.40. The molecule has 1 aromatic carbocycles. The van der Waals surface area contributed by atoms with Gasteiger partial charge in [0.25, 0.3) is 0 Å². The maximum absolute atomic E-state index is 11.6. The van der Waals surface area contributed by atoms with Crippen LogP contribution in [0.15, 0.2) is 35.7 Å². The molecule has 1 heterocycles. The summed E-state index contributed by atoms with van der Waals surface area (Å²) in [5.74, 6) is -0.162. The van der Waals surface area contributed by atoms with E-state index in [1.807, 2.05) is 30.5 Å². The van der Waals surface area contributed by atoms with Crippen LogP contribution in [-0.2, 0) is 11.3 Å². The average molecular weight is 293 g/mol. The molecule has 0 aliphatic rings. The zero-order chi connectivity index (χ0) is 13.7. The number of hydrogen-bond acceptors (Lipinski definition) is 3. The van der Waals surface area contributed by atoms with E-state index in [2.05, 4.69) is 10.3 Å². The van der Waals surface area contributed by atoms with Crippen LogP contribution in [-0.4, -0.2) is 10.9 Å². The zero-order valence-electron chi connectivity index (χ0n) is 10.4. The number of carbonyl (C=O) groups excluding carboxylic acids is 1. The van der Waals surface area contributed by atoms with Gasteiger partial charge in [0.05, 0.1) is 10.7 Å². The van der Waals surface area contributed by atoms with Gasteiger partial charge in [-0.05, 0) is 24.6 Å². The number of nitrogens with one attached hydrogen (secondary N) is 1. The van der Waals surface area contributed by atoms with Crippen molar-refractivity contribution in [3.05, 3.63) is 57.0 Å². The summed E-state index contributed by atoms with van der Waals surface area (Å²) in [6.07, 6.45) is 3.18. The summed E-state index contributed by atoms with van der Waals surface area (Å²) in [6.45, 7) is 2.35. The minimum Gasteiger partial charge on any atom is -0.348 e. The van der Waals surface area contributed by atoms with Crippen LogP contribution in [0.2, 0.25) is 5.02 Å². The lowest BCUT2D eigenvalue weighted by Crippen LogP contribution is -2.20. The first-order chi connectivity index (χ1) is 9.15. The monoisotopic (exact) mass is 292 g/mol. The molecule has 98 valence electrons. The number of aryl methyl sites for hydroxylation is 1. The molecule has 0 unspecified atom stereocenters. The van der Waals surface area contributed by atoms with Crippen molar-refractivity contribution in [1.82, 2.24) is 10.3 Å². The standard InChI is InChI=1S/C14H13ClN2OS/c1-10-17-12(9-19-10)6-7-14(18)16-8-11-4-2-3-5-13(11)15/h2-7,9H,8H2,1H3,(H,16,18)/b7-6+. The Morgan fingerprint density at radius 1 is 1.47 bits per heavy atom. The van der Waals surface area contributed by atoms with E-state index >= 15 is 0 Å². The summed E-state index contributed by atoms with van der Waals surface area (Å²) in [7, 11) is 0. The fourth-order valence-electron chi connectivity index (χ4n) is 1.50. The van der Waals surface area contributed by atoms with Gasteiger partial charge < -0.3 is 5.32 Å². The Balaban J connectivity index is 1.88. The number of benzene rings is 1. The van der Waals surface area contributed by atoms with Crippen molar-refractivity contribution < 1.29 is 4.79 Å². The Kier molecular flexibility index (Phi) is 4.71. The van der Waals surface area contributed by atoms with Gasteiger partial charge in [-0.2, -0.15) is 0 Å². The molecule has 2 rings (SSSR count). The molecule has 0 saturated heterocycles. The Hall–Kier alpha value is -1.65. The second-order valence-electron chi connectivity index (χ2n) is 3.93. The normalized spacial score (nSPS) is 10.8. The summed E-state index contributed by atoms with van der Waals surface area (Å²) in [5.41, 5.74) is 1.70. The van der Waals surface area contributed by atoms with Crippen molar-refractivity contribution >= 4 is 34.9 Å². The highest BCUT2D eigenvalue weighted by atomic mass is 35.5. The van der Waals surface area contributed by atoms with Gasteiger partial charge in [-0.3, -0.25) is 4.79 Å². The molecule has 1 aromatic heterocycles. The highest BCUT2D eigenvalue weighted by molar-refractivity contribution is 7.09. The van der Waals surface area contributed by atoms with Gasteiger partial charge in [0.2, 0.25) is 5.91 Å². The first-order valence-electron chi connectivity index (χ1n) is 5.76. The van der Waals surface area contributed by atoms with Gasteiger partial charge in [-0.15, -0.1) is 11.3 Å². The Bertz CT molecular complexity index is 607. The zero-order valence-corrected chi connectivity index (χ0v) is 12.0. The van der Waals surface area contributed by atoms with Gasteiger partial charge >= 0.3 is 0 Å². The molecule has 0 saturated carbocycles. The van der Waals surface area contributed by atoms with Crippen LogP contribution in [0.25, 0.3) is 6.08 Å². The van der Waals surface area contributed by atoms with Gasteiger partial charge in [0, 0.05) is 23.0 Å². The predicted molar refractivity (Wildman–Crippen MR) is 79.2 cm³/mol. The topological polar surface area (TPSA) is 42.0 Å². The lowest BCUT2D eigenvalue weighted by Gasteiger charge is -2.04. The van der Waals surface area contributed by atoms with E-state index in [4.69, 9.17) is 11.6 Å². The number of aromatic nitrogens is 1. The largest absolute Gasteiger partial charge is 0.348 e. The Morgan fingerprint density at radius 2 is 2.26 bits per heavy atom. The van der Waals surface area contributed by atoms with Crippen molar-refractivity contribution in [3.8, 4) is 0 Å². The maximum Gasteiger partial charge on any atom is 0.244 e. The van der Waals surface area contributed by atoms with Crippen molar-refractivity contribution in [2.45, 2.75) is 13.5 Å². The highest BCUT2D eigenvalue weighted by Crippen LogP contribution is 2.14. The molecule has 1 N–H and O–H groups in total. The van der Waals surface area contributed by atoms with Gasteiger partial charge in [-0.1, -0.05) is 29.8 Å². The molecule has 0 aliphatic heterocycles. The summed E-state index contributed by atoms with van der Waals surface area (Å²) < 4.78 is 0. The lowest BCUT2D eigenvalue weighted by atomic mass is 10.2. The third-order valence-electron chi connectivity index (χ3n) is 2.45. The maximum atomic E-state index is 11.6. The summed E-state index contributed by atoms with van der Waals surface area (Å²) >= 11 is 7.56. The minimum atomic E-state index is -0.162. The Labute approximate surface area is 120 Å². The van der Waals surface area contributed by atoms with Gasteiger partial charge in [0.1, 0.15) is 0 Å². The number of thiazole rings is 1. The number of amides is 1. The number of carbonyl (C=O) groups is 1. The van der Waals surface area contributed by atoms with E-state index in [0.29, 0.717) is 11.6 Å². The van der Waals surface area contributed by atoms with Crippen LogP contribution < -0.4 is 5.32 Å². The van der Waals surface area contributed by atoms with Crippen molar-refractivity contribution in [1.29, 1.82) is 0 Å². The fraction of sp³-hybridized carbons (Fsp3) is 0.143. The van der Waals surface area contributed by atoms with Crippen molar-refractivity contribution in [2.24, 2.45) is 0 Å². The molecule has 0 bridgehead atoms. The second kappa shape index (κ2) is 6.50. The summed E-state index contributed by atoms with van der Waals surface area (Å²) in [6, 6.07) is 7.44. The molecule has 0 atom stereocenters. The molecule has 0 fully saturated rings. The molecule has 5 heteroatoms. The molecule has 3 nitrogen and oxygen atoms in total. The average Bonchev–Trinajstić information content (AvgIpc) is 2.81. The van der Waals surface area contributed by atoms with E-state index in [1.165, 1.54) is 6.08 Å². The van der Waals surface area contributed by atoms with Crippen LogP contribution in [0.5, 0.6) is 0 Å². The molecule has 2 aromatic rings. The van der Waals surface area contributed by atoms with Crippen LogP contribution >= 0.6 is 22.9 Å². The lowest BCUT2D eigenvalue weighted by molar-refractivity contribution is -0.116. The third-order valence-corrected chi connectivity index (χ3v) is 3.61. The molecular weight excluding hydrogens is 280 g/mol. The van der Waals surface area contributed by atoms with Crippen LogP contribution in [0.3, 0.4) is 0 Å². The smallest absolute Gasteiger partial charge is 0.244 e. The molecule has 1 amide bonds. The van der Waals surface area contributed by atoms with E-state index in [1.54, 1.807) is 23.5 Å². The van der Waals surface area contributed by atoms with E-state index < -0.39 is 0 Å². The number of nitrogens with zero attached hydrogens (tertiary/aromatic N) is 1. The highest BCUT2D eigenvalue weighted by Gasteiger charge is 2.01. The molecule has 0 radical (unpaired) electrons. The van der Waals surface area contributed by atoms with Crippen molar-refractivity contribution in [2.75, 3.05) is 0 Å². The van der Waals surface area contributed by atoms with E-state index in [0.717, 1.165) is 16.3 Å². The predicted octanol–water partition coefficient (Wildman–Crippen LogP) is 3.43. The number of hydrogen-bond donors (Lipinski definition) is 1. The van der Waals surface area contributed by atoms with Crippen LogP contribution in [0, 0.1) is 6.92 Å². The molecule has 19 heavy (non-hydrogen) atoms. The molecular formula is C14H13ClN2OS. The quantitative estimate of drug-likeness (QED) is 0.877. The van der Waals surface area contributed by atoms with Crippen LogP contribution in [0.4, 0.5) is 0 Å². The summed E-state index contributed by atoms with van der Waals surface area (Å²) in [5, 5.41) is 6.33. The Morgan fingerprint density at radius 3 is 2.95 bits per heavy atom. The van der Waals surface area contributed by atoms with Crippen LogP contribution in [0.1, 0.15) is 16.3 Å². The van der Waals surface area contributed by atoms with Gasteiger partial charge in [0.15, 0.2) is 0 Å². The van der Waals surface area contributed by atoms with E-state index in [9.17, 15) is 4.79 Å². The first-order valence-corrected chi connectivity index (χ1v) is 7.02. The first kappa shape index (κ1) is 13.8. The van der Waals surface area contributed by atoms with Crippen molar-refractivity contribution in [3.63, 3.8) is 0 Å². The number of rotatable bonds is 4. The van der Waals surface area contributed by atoms with Gasteiger partial charge in [-0.25, -0.2) is 4.98 Å². The molecule has 0 aliphatic carbocycles. The number of halogens is 1. The molecule has 0 spiro atoms. The fourth-order valence-corrected chi connectivity index (χ4v) is 2.28.